The molecule has 2 N–H and O–H groups in total. The van der Waals surface area contributed by atoms with Crippen molar-refractivity contribution < 1.29 is 9.90 Å². The van der Waals surface area contributed by atoms with Crippen LogP contribution in [0.3, 0.4) is 0 Å². The van der Waals surface area contributed by atoms with E-state index < -0.39 is 6.23 Å². The molecule has 1 unspecified atom stereocenters. The van der Waals surface area contributed by atoms with Gasteiger partial charge in [0.25, 0.3) is 0 Å². The molecular weight excluding hydrogens is 310 g/mol. The molecule has 0 saturated heterocycles. The molecule has 3 nitrogen and oxygen atoms in total. The van der Waals surface area contributed by atoms with Gasteiger partial charge in [-0.05, 0) is 45.4 Å². The van der Waals surface area contributed by atoms with E-state index in [2.05, 4.69) is 36.5 Å². The maximum absolute atomic E-state index is 11.3. The second-order valence-electron chi connectivity index (χ2n) is 6.93. The number of carbonyl (C=O) groups is 1. The van der Waals surface area contributed by atoms with Crippen LogP contribution >= 0.6 is 0 Å². The molecule has 0 aromatic rings. The monoisotopic (exact) mass is 351 g/mol. The van der Waals surface area contributed by atoms with Crippen LogP contribution in [-0.2, 0) is 4.79 Å². The number of carbonyl (C=O) groups excluding carboxylic acids is 1. The van der Waals surface area contributed by atoms with Gasteiger partial charge in [0.1, 0.15) is 6.23 Å². The van der Waals surface area contributed by atoms with E-state index >= 15 is 0 Å². The number of aliphatic hydroxyl groups excluding tert-OH is 1. The van der Waals surface area contributed by atoms with Crippen molar-refractivity contribution in [1.29, 1.82) is 0 Å². The molecule has 0 fully saturated rings. The van der Waals surface area contributed by atoms with Gasteiger partial charge in [-0.2, -0.15) is 0 Å². The standard InChI is InChI=1S/C22H41NO2/c1-3-4-5-6-7-8-9-10-11-12-13-14-15-16-17-18-19-20-22(25)23-21(2)24/h10-11,13-14,21,24H,3-9,12,15-20H2,1-2H3,(H,23,25). The third kappa shape index (κ3) is 20.9. The number of hydrogen-bond acceptors (Lipinski definition) is 2. The molecule has 0 bridgehead atoms. The Morgan fingerprint density at radius 2 is 1.36 bits per heavy atom. The van der Waals surface area contributed by atoms with Crippen molar-refractivity contribution in [3.63, 3.8) is 0 Å². The van der Waals surface area contributed by atoms with Gasteiger partial charge in [-0.3, -0.25) is 4.79 Å². The summed E-state index contributed by atoms with van der Waals surface area (Å²) in [5.41, 5.74) is 0. The fourth-order valence-corrected chi connectivity index (χ4v) is 2.76. The van der Waals surface area contributed by atoms with Crippen molar-refractivity contribution in [2.45, 2.75) is 110 Å². The molecule has 1 amide bonds. The van der Waals surface area contributed by atoms with Crippen LogP contribution < -0.4 is 5.32 Å². The fourth-order valence-electron chi connectivity index (χ4n) is 2.76. The Morgan fingerprint density at radius 3 is 1.92 bits per heavy atom. The topological polar surface area (TPSA) is 49.3 Å². The zero-order valence-corrected chi connectivity index (χ0v) is 16.6. The van der Waals surface area contributed by atoms with Crippen LogP contribution in [0.1, 0.15) is 104 Å². The first-order chi connectivity index (χ1) is 12.2. The van der Waals surface area contributed by atoms with E-state index in [4.69, 9.17) is 5.11 Å². The van der Waals surface area contributed by atoms with Crippen molar-refractivity contribution in [2.24, 2.45) is 0 Å². The van der Waals surface area contributed by atoms with Crippen molar-refractivity contribution in [3.05, 3.63) is 24.3 Å². The summed E-state index contributed by atoms with van der Waals surface area (Å²) in [5.74, 6) is -0.0531. The minimum absolute atomic E-state index is 0.0531. The summed E-state index contributed by atoms with van der Waals surface area (Å²) in [5, 5.41) is 11.5. The van der Waals surface area contributed by atoms with Gasteiger partial charge in [-0.25, -0.2) is 0 Å². The van der Waals surface area contributed by atoms with Crippen molar-refractivity contribution in [3.8, 4) is 0 Å². The van der Waals surface area contributed by atoms with E-state index in [9.17, 15) is 4.79 Å². The lowest BCUT2D eigenvalue weighted by atomic mass is 10.1. The lowest BCUT2D eigenvalue weighted by Gasteiger charge is -2.06. The van der Waals surface area contributed by atoms with E-state index in [1.165, 1.54) is 57.8 Å². The second kappa shape index (κ2) is 19.2. The molecular formula is C22H41NO2. The Morgan fingerprint density at radius 1 is 0.840 bits per heavy atom. The first kappa shape index (κ1) is 23.9. The Labute approximate surface area is 156 Å². The van der Waals surface area contributed by atoms with E-state index in [0.717, 1.165) is 25.7 Å². The molecule has 146 valence electrons. The predicted octanol–water partition coefficient (Wildman–Crippen LogP) is 6.03. The minimum atomic E-state index is -0.738. The van der Waals surface area contributed by atoms with Crippen LogP contribution in [0.5, 0.6) is 0 Å². The van der Waals surface area contributed by atoms with Crippen LogP contribution in [0.4, 0.5) is 0 Å². The number of nitrogens with one attached hydrogen (secondary N) is 1. The SMILES string of the molecule is CCCCCCCCC=CCC=CCCCCCCC(=O)NC(C)O. The zero-order valence-electron chi connectivity index (χ0n) is 16.6. The molecule has 0 spiro atoms. The van der Waals surface area contributed by atoms with Gasteiger partial charge in [0.2, 0.25) is 5.91 Å². The number of allylic oxidation sites excluding steroid dienone is 4. The lowest BCUT2D eigenvalue weighted by Crippen LogP contribution is -2.31. The first-order valence-electron chi connectivity index (χ1n) is 10.4. The van der Waals surface area contributed by atoms with Crippen LogP contribution in [0.25, 0.3) is 0 Å². The van der Waals surface area contributed by atoms with Gasteiger partial charge in [0, 0.05) is 6.42 Å². The number of rotatable bonds is 17. The van der Waals surface area contributed by atoms with Crippen molar-refractivity contribution in [1.82, 2.24) is 5.32 Å². The summed E-state index contributed by atoms with van der Waals surface area (Å²) in [6.45, 7) is 3.82. The maximum Gasteiger partial charge on any atom is 0.221 e. The van der Waals surface area contributed by atoms with Gasteiger partial charge in [0.15, 0.2) is 0 Å². The summed E-state index contributed by atoms with van der Waals surface area (Å²) in [7, 11) is 0. The molecule has 3 heteroatoms. The average molecular weight is 352 g/mol. The maximum atomic E-state index is 11.3. The highest BCUT2D eigenvalue weighted by molar-refractivity contribution is 5.75. The predicted molar refractivity (Wildman–Crippen MR) is 108 cm³/mol. The van der Waals surface area contributed by atoms with Gasteiger partial charge in [-0.1, -0.05) is 76.2 Å². The van der Waals surface area contributed by atoms with Gasteiger partial charge < -0.3 is 10.4 Å². The molecule has 0 heterocycles. The Bertz CT molecular complexity index is 348. The lowest BCUT2D eigenvalue weighted by molar-refractivity contribution is -0.123. The third-order valence-corrected chi connectivity index (χ3v) is 4.22. The third-order valence-electron chi connectivity index (χ3n) is 4.22. The molecule has 0 saturated carbocycles. The first-order valence-corrected chi connectivity index (χ1v) is 10.4. The van der Waals surface area contributed by atoms with Crippen LogP contribution in [0.2, 0.25) is 0 Å². The highest BCUT2D eigenvalue weighted by atomic mass is 16.3. The molecule has 25 heavy (non-hydrogen) atoms. The number of hydrogen-bond donors (Lipinski definition) is 2. The normalized spacial score (nSPS) is 12.9. The van der Waals surface area contributed by atoms with E-state index in [1.807, 2.05) is 0 Å². The molecule has 0 aliphatic carbocycles. The summed E-state index contributed by atoms with van der Waals surface area (Å²) in [6.07, 6.45) is 24.9. The van der Waals surface area contributed by atoms with E-state index in [0.29, 0.717) is 6.42 Å². The van der Waals surface area contributed by atoms with Crippen LogP contribution in [0.15, 0.2) is 24.3 Å². The van der Waals surface area contributed by atoms with Gasteiger partial charge in [0.05, 0.1) is 0 Å². The Balaban J connectivity index is 3.27. The minimum Gasteiger partial charge on any atom is -0.374 e. The van der Waals surface area contributed by atoms with Crippen molar-refractivity contribution in [2.75, 3.05) is 0 Å². The Kier molecular flexibility index (Phi) is 18.4. The number of unbranched alkanes of at least 4 members (excludes halogenated alkanes) is 10. The summed E-state index contributed by atoms with van der Waals surface area (Å²) >= 11 is 0. The molecule has 0 aliphatic heterocycles. The van der Waals surface area contributed by atoms with Crippen molar-refractivity contribution >= 4 is 5.91 Å². The second-order valence-corrected chi connectivity index (χ2v) is 6.93. The molecule has 0 aromatic carbocycles. The molecule has 0 radical (unpaired) electrons. The summed E-state index contributed by atoms with van der Waals surface area (Å²) in [6, 6.07) is 0. The molecule has 0 aromatic heterocycles. The summed E-state index contributed by atoms with van der Waals surface area (Å²) < 4.78 is 0. The molecule has 0 rings (SSSR count). The van der Waals surface area contributed by atoms with Gasteiger partial charge >= 0.3 is 0 Å². The highest BCUT2D eigenvalue weighted by Crippen LogP contribution is 2.08. The van der Waals surface area contributed by atoms with E-state index in [1.54, 1.807) is 6.92 Å². The Hall–Kier alpha value is -1.09. The van der Waals surface area contributed by atoms with Crippen LogP contribution in [0, 0.1) is 0 Å². The summed E-state index contributed by atoms with van der Waals surface area (Å²) in [4.78, 5) is 11.3. The average Bonchev–Trinajstić information content (AvgIpc) is 2.57. The highest BCUT2D eigenvalue weighted by Gasteiger charge is 2.02. The zero-order chi connectivity index (χ0) is 18.6. The van der Waals surface area contributed by atoms with E-state index in [-0.39, 0.29) is 5.91 Å². The smallest absolute Gasteiger partial charge is 0.221 e. The quantitative estimate of drug-likeness (QED) is 0.191. The number of amides is 1. The molecule has 1 atom stereocenters. The van der Waals surface area contributed by atoms with Crippen LogP contribution in [-0.4, -0.2) is 17.2 Å². The molecule has 0 aliphatic rings. The fraction of sp³-hybridized carbons (Fsp3) is 0.773. The largest absolute Gasteiger partial charge is 0.374 e. The van der Waals surface area contributed by atoms with Gasteiger partial charge in [-0.15, -0.1) is 0 Å². The number of aliphatic hydroxyl groups is 1.